The number of halogens is 3. The van der Waals surface area contributed by atoms with Crippen LogP contribution in [0.1, 0.15) is 0 Å². The molecule has 0 spiro atoms. The number of hydrogen-bond donors (Lipinski definition) is 1. The summed E-state index contributed by atoms with van der Waals surface area (Å²) in [6.07, 6.45) is 0. The Morgan fingerprint density at radius 2 is 0.754 bits per heavy atom. The Balaban J connectivity index is 0.000000155. The van der Waals surface area contributed by atoms with Crippen LogP contribution in [0.4, 0.5) is 28.4 Å². The van der Waals surface area contributed by atoms with Crippen molar-refractivity contribution in [3.05, 3.63) is 281 Å². The van der Waals surface area contributed by atoms with Crippen LogP contribution in [-0.2, 0) is 0 Å². The maximum absolute atomic E-state index is 6.40. The highest BCUT2D eigenvalue weighted by atomic mass is 79.9. The summed E-state index contributed by atoms with van der Waals surface area (Å²) in [5, 5.41) is 5.03. The lowest BCUT2D eigenvalue weighted by Crippen LogP contribution is -2.11. The van der Waals surface area contributed by atoms with Gasteiger partial charge in [0.25, 0.3) is 0 Å². The van der Waals surface area contributed by atoms with Crippen LogP contribution in [0.5, 0.6) is 0 Å². The molecule has 0 aliphatic rings. The van der Waals surface area contributed by atoms with Gasteiger partial charge in [-0.25, -0.2) is 0 Å². The normalized spacial score (nSPS) is 10.4. The van der Waals surface area contributed by atoms with Gasteiger partial charge in [0.2, 0.25) is 0 Å². The van der Waals surface area contributed by atoms with Crippen LogP contribution in [0.2, 0.25) is 10.0 Å². The van der Waals surface area contributed by atoms with Crippen molar-refractivity contribution in [1.29, 1.82) is 0 Å². The van der Waals surface area contributed by atoms with Gasteiger partial charge in [-0.2, -0.15) is 0 Å². The second kappa shape index (κ2) is 22.5. The molecule has 65 heavy (non-hydrogen) atoms. The Labute approximate surface area is 401 Å². The van der Waals surface area contributed by atoms with Crippen LogP contribution in [0, 0.1) is 0 Å². The van der Waals surface area contributed by atoms with Crippen molar-refractivity contribution in [1.82, 2.24) is 0 Å². The SMILES string of the molecule is Clc1cccc(Br)c1.Clc1cccc(N(c2ccc(-c3ccccc3)cc2)c2ccccc2-c2ccccc2)c1.c1ccc(-c2ccc(Nc3ccccc3-c3ccccc3)cc2)cc1. The standard InChI is InChI=1S/C30H22ClN.C24H19N.C6H4BrCl/c31-26-14-9-15-28(22-26)32(27-20-18-24(19-21-27)23-10-3-1-4-11-23)30-17-8-7-16-29(30)25-12-5-2-6-13-25;1-3-9-19(10-4-1)20-15-17-22(18-16-20)25-24-14-8-7-13-23(24)21-11-5-2-6-12-21;7-5-2-1-3-6(8)4-5/h1-22H;1-18,25H;1-4H. The Morgan fingerprint density at radius 1 is 0.323 bits per heavy atom. The number of rotatable bonds is 9. The van der Waals surface area contributed by atoms with Gasteiger partial charge in [-0.3, -0.25) is 0 Å². The van der Waals surface area contributed by atoms with Crippen LogP contribution in [0.25, 0.3) is 44.5 Å². The lowest BCUT2D eigenvalue weighted by Gasteiger charge is -2.28. The summed E-state index contributed by atoms with van der Waals surface area (Å²) in [5.41, 5.74) is 15.0. The average molecular weight is 945 g/mol. The lowest BCUT2D eigenvalue weighted by molar-refractivity contribution is 1.28. The molecule has 0 saturated heterocycles. The molecular weight excluding hydrogens is 899 g/mol. The summed E-state index contributed by atoms with van der Waals surface area (Å²) in [4.78, 5) is 2.27. The predicted octanol–water partition coefficient (Wildman–Crippen LogP) is 19.0. The number of nitrogens with one attached hydrogen (secondary N) is 1. The number of hydrogen-bond acceptors (Lipinski definition) is 2. The predicted molar refractivity (Wildman–Crippen MR) is 283 cm³/mol. The first-order valence-electron chi connectivity index (χ1n) is 21.3. The zero-order chi connectivity index (χ0) is 44.6. The first-order chi connectivity index (χ1) is 32.0. The summed E-state index contributed by atoms with van der Waals surface area (Å²) >= 11 is 15.3. The first kappa shape index (κ1) is 44.5. The molecule has 0 atom stereocenters. The minimum atomic E-state index is 0.714. The van der Waals surface area contributed by atoms with Gasteiger partial charge in [-0.05, 0) is 106 Å². The second-order valence-corrected chi connectivity index (χ2v) is 16.8. The van der Waals surface area contributed by atoms with Crippen LogP contribution in [0.3, 0.4) is 0 Å². The van der Waals surface area contributed by atoms with Crippen LogP contribution >= 0.6 is 39.1 Å². The minimum absolute atomic E-state index is 0.714. The number of para-hydroxylation sites is 2. The van der Waals surface area contributed by atoms with Gasteiger partial charge < -0.3 is 10.2 Å². The maximum Gasteiger partial charge on any atom is 0.0540 e. The molecule has 10 rings (SSSR count). The van der Waals surface area contributed by atoms with E-state index in [-0.39, 0.29) is 0 Å². The quantitative estimate of drug-likeness (QED) is 0.155. The molecule has 0 heterocycles. The van der Waals surface area contributed by atoms with E-state index in [1.807, 2.05) is 66.7 Å². The summed E-state index contributed by atoms with van der Waals surface area (Å²) < 4.78 is 1.02. The highest BCUT2D eigenvalue weighted by Crippen LogP contribution is 2.42. The highest BCUT2D eigenvalue weighted by molar-refractivity contribution is 9.10. The smallest absolute Gasteiger partial charge is 0.0540 e. The minimum Gasteiger partial charge on any atom is -0.355 e. The molecule has 2 nitrogen and oxygen atoms in total. The number of nitrogens with zero attached hydrogens (tertiary/aromatic N) is 1. The molecule has 0 aliphatic heterocycles. The van der Waals surface area contributed by atoms with Gasteiger partial charge >= 0.3 is 0 Å². The van der Waals surface area contributed by atoms with E-state index in [1.54, 1.807) is 0 Å². The van der Waals surface area contributed by atoms with Gasteiger partial charge in [0.05, 0.1) is 5.69 Å². The molecule has 0 radical (unpaired) electrons. The van der Waals surface area contributed by atoms with E-state index < -0.39 is 0 Å². The molecule has 0 amide bonds. The van der Waals surface area contributed by atoms with Crippen molar-refractivity contribution in [3.63, 3.8) is 0 Å². The number of anilines is 5. The Bertz CT molecular complexity index is 3000. The van der Waals surface area contributed by atoms with E-state index in [4.69, 9.17) is 23.2 Å². The van der Waals surface area contributed by atoms with Gasteiger partial charge in [0.1, 0.15) is 0 Å². The lowest BCUT2D eigenvalue weighted by atomic mass is 10.0. The van der Waals surface area contributed by atoms with Gasteiger partial charge in [0, 0.05) is 48.4 Å². The Kier molecular flexibility index (Phi) is 15.4. The molecule has 0 aromatic heterocycles. The van der Waals surface area contributed by atoms with Crippen LogP contribution < -0.4 is 10.2 Å². The third kappa shape index (κ3) is 12.1. The summed E-state index contributed by atoms with van der Waals surface area (Å²) in [6, 6.07) is 91.5. The van der Waals surface area contributed by atoms with Crippen molar-refractivity contribution in [2.24, 2.45) is 0 Å². The fourth-order valence-electron chi connectivity index (χ4n) is 7.46. The summed E-state index contributed by atoms with van der Waals surface area (Å²) in [7, 11) is 0. The van der Waals surface area contributed by atoms with Crippen molar-refractivity contribution in [2.45, 2.75) is 0 Å². The zero-order valence-electron chi connectivity index (χ0n) is 35.5. The molecule has 0 fully saturated rings. The average Bonchev–Trinajstić information content (AvgIpc) is 3.36. The molecule has 1 N–H and O–H groups in total. The molecule has 0 unspecified atom stereocenters. The topological polar surface area (TPSA) is 15.3 Å². The van der Waals surface area contributed by atoms with Gasteiger partial charge in [0.15, 0.2) is 0 Å². The molecule has 0 aliphatic carbocycles. The first-order valence-corrected chi connectivity index (χ1v) is 22.9. The molecule has 0 saturated carbocycles. The Hall–Kier alpha value is -7.14. The third-order valence-corrected chi connectivity index (χ3v) is 11.6. The molecular formula is C60H45BrCl2N2. The van der Waals surface area contributed by atoms with Crippen LogP contribution in [-0.4, -0.2) is 0 Å². The van der Waals surface area contributed by atoms with E-state index in [1.165, 1.54) is 44.5 Å². The third-order valence-electron chi connectivity index (χ3n) is 10.6. The van der Waals surface area contributed by atoms with E-state index in [2.05, 4.69) is 226 Å². The molecule has 0 bridgehead atoms. The van der Waals surface area contributed by atoms with Crippen LogP contribution in [0.15, 0.2) is 271 Å². The summed E-state index contributed by atoms with van der Waals surface area (Å²) in [6.45, 7) is 0. The molecule has 10 aromatic carbocycles. The van der Waals surface area contributed by atoms with E-state index >= 15 is 0 Å². The number of benzene rings is 10. The van der Waals surface area contributed by atoms with E-state index in [0.29, 0.717) is 5.02 Å². The zero-order valence-corrected chi connectivity index (χ0v) is 38.6. The van der Waals surface area contributed by atoms with Crippen molar-refractivity contribution < 1.29 is 0 Å². The molecule has 316 valence electrons. The van der Waals surface area contributed by atoms with E-state index in [0.717, 1.165) is 37.9 Å². The van der Waals surface area contributed by atoms with Crippen molar-refractivity contribution in [2.75, 3.05) is 10.2 Å². The second-order valence-electron chi connectivity index (χ2n) is 15.0. The monoisotopic (exact) mass is 942 g/mol. The Morgan fingerprint density at radius 3 is 1.28 bits per heavy atom. The largest absolute Gasteiger partial charge is 0.355 e. The fraction of sp³-hybridized carbons (Fsp3) is 0. The fourth-order valence-corrected chi connectivity index (χ4v) is 8.37. The van der Waals surface area contributed by atoms with E-state index in [9.17, 15) is 0 Å². The maximum atomic E-state index is 6.40. The van der Waals surface area contributed by atoms with Crippen molar-refractivity contribution in [3.8, 4) is 44.5 Å². The molecule has 5 heteroatoms. The highest BCUT2D eigenvalue weighted by Gasteiger charge is 2.17. The van der Waals surface area contributed by atoms with Crippen molar-refractivity contribution >= 4 is 67.6 Å². The van der Waals surface area contributed by atoms with Gasteiger partial charge in [-0.1, -0.05) is 233 Å². The summed E-state index contributed by atoms with van der Waals surface area (Å²) in [5.74, 6) is 0. The van der Waals surface area contributed by atoms with Gasteiger partial charge in [-0.15, -0.1) is 0 Å². The molecule has 10 aromatic rings.